The number of nitrogens with one attached hydrogen (secondary N) is 2. The fourth-order valence-electron chi connectivity index (χ4n) is 3.22. The van der Waals surface area contributed by atoms with Gasteiger partial charge in [0.15, 0.2) is 0 Å². The lowest BCUT2D eigenvalue weighted by Gasteiger charge is -2.09. The molecule has 5 nitrogen and oxygen atoms in total. The van der Waals surface area contributed by atoms with Gasteiger partial charge >= 0.3 is 0 Å². The predicted octanol–water partition coefficient (Wildman–Crippen LogP) is 4.98. The summed E-state index contributed by atoms with van der Waals surface area (Å²) in [6.45, 7) is 0.588. The number of hydrogen-bond donors (Lipinski definition) is 2. The SMILES string of the molecule is O=C(CNc1cccc2ccccc12)NN=Cc1ccccc1OCc1ccccc1. The lowest BCUT2D eigenvalue weighted by atomic mass is 10.1. The normalized spacial score (nSPS) is 10.8. The van der Waals surface area contributed by atoms with Crippen molar-refractivity contribution in [1.29, 1.82) is 0 Å². The van der Waals surface area contributed by atoms with Gasteiger partial charge in [-0.1, -0.05) is 78.9 Å². The van der Waals surface area contributed by atoms with Gasteiger partial charge in [0.1, 0.15) is 12.4 Å². The number of para-hydroxylation sites is 1. The molecule has 0 saturated carbocycles. The molecule has 4 aromatic carbocycles. The first kappa shape index (κ1) is 20.2. The summed E-state index contributed by atoms with van der Waals surface area (Å²) in [6.07, 6.45) is 1.59. The van der Waals surface area contributed by atoms with Crippen LogP contribution in [0.3, 0.4) is 0 Å². The molecule has 1 amide bonds. The summed E-state index contributed by atoms with van der Waals surface area (Å²) < 4.78 is 5.91. The van der Waals surface area contributed by atoms with Crippen molar-refractivity contribution in [2.75, 3.05) is 11.9 Å². The number of hydrazone groups is 1. The van der Waals surface area contributed by atoms with Crippen LogP contribution in [0.1, 0.15) is 11.1 Å². The standard InChI is InChI=1S/C26H23N3O2/c30-26(18-27-24-15-8-13-21-11-4-6-14-23(21)24)29-28-17-22-12-5-7-16-25(22)31-19-20-9-2-1-3-10-20/h1-17,27H,18-19H2,(H,29,30). The fourth-order valence-corrected chi connectivity index (χ4v) is 3.22. The van der Waals surface area contributed by atoms with Crippen molar-refractivity contribution in [2.24, 2.45) is 5.10 Å². The van der Waals surface area contributed by atoms with E-state index in [1.807, 2.05) is 97.1 Å². The van der Waals surface area contributed by atoms with Crippen LogP contribution in [0.15, 0.2) is 102 Å². The molecule has 0 atom stereocenters. The first-order chi connectivity index (χ1) is 15.3. The Morgan fingerprint density at radius 1 is 0.839 bits per heavy atom. The third kappa shape index (κ3) is 5.48. The Morgan fingerprint density at radius 3 is 2.48 bits per heavy atom. The van der Waals surface area contributed by atoms with Crippen molar-refractivity contribution >= 4 is 28.6 Å². The highest BCUT2D eigenvalue weighted by molar-refractivity contribution is 5.95. The maximum absolute atomic E-state index is 12.2. The molecule has 2 N–H and O–H groups in total. The molecule has 0 aliphatic heterocycles. The molecule has 4 aromatic rings. The van der Waals surface area contributed by atoms with E-state index in [0.29, 0.717) is 12.4 Å². The summed E-state index contributed by atoms with van der Waals surface area (Å²) in [4.78, 5) is 12.2. The maximum atomic E-state index is 12.2. The van der Waals surface area contributed by atoms with E-state index in [1.165, 1.54) is 0 Å². The van der Waals surface area contributed by atoms with Gasteiger partial charge in [0.2, 0.25) is 0 Å². The summed E-state index contributed by atoms with van der Waals surface area (Å²) in [5.74, 6) is 0.477. The largest absolute Gasteiger partial charge is 0.488 e. The number of ether oxygens (including phenoxy) is 1. The number of amides is 1. The molecule has 0 aliphatic rings. The van der Waals surface area contributed by atoms with Crippen LogP contribution in [0.2, 0.25) is 0 Å². The van der Waals surface area contributed by atoms with Gasteiger partial charge in [-0.25, -0.2) is 5.43 Å². The zero-order valence-corrected chi connectivity index (χ0v) is 17.0. The van der Waals surface area contributed by atoms with E-state index >= 15 is 0 Å². The smallest absolute Gasteiger partial charge is 0.259 e. The average Bonchev–Trinajstić information content (AvgIpc) is 2.83. The van der Waals surface area contributed by atoms with Crippen molar-refractivity contribution in [3.8, 4) is 5.75 Å². The highest BCUT2D eigenvalue weighted by Gasteiger charge is 2.04. The molecule has 154 valence electrons. The molecule has 0 radical (unpaired) electrons. The Labute approximate surface area is 181 Å². The molecule has 0 unspecified atom stereocenters. The second-order valence-corrected chi connectivity index (χ2v) is 6.99. The van der Waals surface area contributed by atoms with Gasteiger partial charge in [-0.15, -0.1) is 0 Å². The second-order valence-electron chi connectivity index (χ2n) is 6.99. The van der Waals surface area contributed by atoms with E-state index in [4.69, 9.17) is 4.74 Å². The Kier molecular flexibility index (Phi) is 6.55. The first-order valence-corrected chi connectivity index (χ1v) is 10.1. The lowest BCUT2D eigenvalue weighted by molar-refractivity contribution is -0.119. The van der Waals surface area contributed by atoms with Gasteiger partial charge < -0.3 is 10.1 Å². The van der Waals surface area contributed by atoms with E-state index in [0.717, 1.165) is 27.6 Å². The van der Waals surface area contributed by atoms with Crippen molar-refractivity contribution in [1.82, 2.24) is 5.43 Å². The molecule has 0 spiro atoms. The monoisotopic (exact) mass is 409 g/mol. The van der Waals surface area contributed by atoms with Crippen LogP contribution in [0.25, 0.3) is 10.8 Å². The minimum Gasteiger partial charge on any atom is -0.488 e. The molecule has 4 rings (SSSR count). The molecular formula is C26H23N3O2. The van der Waals surface area contributed by atoms with Gasteiger partial charge in [0.05, 0.1) is 12.8 Å². The molecule has 0 saturated heterocycles. The molecular weight excluding hydrogens is 386 g/mol. The minimum absolute atomic E-state index is 0.123. The van der Waals surface area contributed by atoms with E-state index in [1.54, 1.807) is 6.21 Å². The Bertz CT molecular complexity index is 1180. The maximum Gasteiger partial charge on any atom is 0.259 e. The van der Waals surface area contributed by atoms with Crippen LogP contribution < -0.4 is 15.5 Å². The van der Waals surface area contributed by atoms with Crippen molar-refractivity contribution in [3.05, 3.63) is 108 Å². The van der Waals surface area contributed by atoms with E-state index in [2.05, 4.69) is 15.8 Å². The van der Waals surface area contributed by atoms with Crippen LogP contribution in [0.4, 0.5) is 5.69 Å². The number of anilines is 1. The van der Waals surface area contributed by atoms with Crippen LogP contribution in [-0.4, -0.2) is 18.7 Å². The number of rotatable bonds is 8. The van der Waals surface area contributed by atoms with Crippen molar-refractivity contribution in [3.63, 3.8) is 0 Å². The van der Waals surface area contributed by atoms with E-state index in [-0.39, 0.29) is 12.5 Å². The minimum atomic E-state index is -0.230. The van der Waals surface area contributed by atoms with E-state index < -0.39 is 0 Å². The molecule has 31 heavy (non-hydrogen) atoms. The fraction of sp³-hybridized carbons (Fsp3) is 0.0769. The molecule has 0 heterocycles. The van der Waals surface area contributed by atoms with Crippen LogP contribution >= 0.6 is 0 Å². The Balaban J connectivity index is 1.32. The summed E-state index contributed by atoms with van der Waals surface area (Å²) in [6, 6.07) is 31.6. The number of hydrogen-bond acceptors (Lipinski definition) is 4. The average molecular weight is 409 g/mol. The number of fused-ring (bicyclic) bond motifs is 1. The summed E-state index contributed by atoms with van der Waals surface area (Å²) in [5.41, 5.74) is 5.35. The zero-order valence-electron chi connectivity index (χ0n) is 17.0. The van der Waals surface area contributed by atoms with Crippen molar-refractivity contribution < 1.29 is 9.53 Å². The Morgan fingerprint density at radius 2 is 1.58 bits per heavy atom. The number of benzene rings is 4. The molecule has 5 heteroatoms. The second kappa shape index (κ2) is 10.1. The van der Waals surface area contributed by atoms with E-state index in [9.17, 15) is 4.79 Å². The molecule has 0 aromatic heterocycles. The molecule has 0 aliphatic carbocycles. The topological polar surface area (TPSA) is 62.7 Å². The molecule has 0 bridgehead atoms. The highest BCUT2D eigenvalue weighted by atomic mass is 16.5. The number of nitrogens with zero attached hydrogens (tertiary/aromatic N) is 1. The molecule has 0 fully saturated rings. The van der Waals surface area contributed by atoms with Crippen LogP contribution in [0, 0.1) is 0 Å². The highest BCUT2D eigenvalue weighted by Crippen LogP contribution is 2.22. The summed E-state index contributed by atoms with van der Waals surface area (Å²) in [5, 5.41) is 9.46. The zero-order chi connectivity index (χ0) is 21.3. The van der Waals surface area contributed by atoms with Gasteiger partial charge in [0, 0.05) is 16.6 Å². The quantitative estimate of drug-likeness (QED) is 0.319. The third-order valence-corrected chi connectivity index (χ3v) is 4.78. The van der Waals surface area contributed by atoms with Crippen molar-refractivity contribution in [2.45, 2.75) is 6.61 Å². The van der Waals surface area contributed by atoms with Gasteiger partial charge in [0.25, 0.3) is 5.91 Å². The Hall–Kier alpha value is -4.12. The third-order valence-electron chi connectivity index (χ3n) is 4.78. The van der Waals surface area contributed by atoms with Crippen LogP contribution in [-0.2, 0) is 11.4 Å². The first-order valence-electron chi connectivity index (χ1n) is 10.1. The number of carbonyl (C=O) groups excluding carboxylic acids is 1. The number of carbonyl (C=O) groups is 1. The predicted molar refractivity (Wildman–Crippen MR) is 125 cm³/mol. The summed E-state index contributed by atoms with van der Waals surface area (Å²) >= 11 is 0. The van der Waals surface area contributed by atoms with Gasteiger partial charge in [-0.3, -0.25) is 4.79 Å². The van der Waals surface area contributed by atoms with Gasteiger partial charge in [-0.05, 0) is 29.1 Å². The van der Waals surface area contributed by atoms with Crippen LogP contribution in [0.5, 0.6) is 5.75 Å². The summed E-state index contributed by atoms with van der Waals surface area (Å²) in [7, 11) is 0. The lowest BCUT2D eigenvalue weighted by Crippen LogP contribution is -2.25. The van der Waals surface area contributed by atoms with Gasteiger partial charge in [-0.2, -0.15) is 5.10 Å².